The molecule has 8 aromatic rings. The van der Waals surface area contributed by atoms with Gasteiger partial charge in [-0.05, 0) is 90.4 Å². The largest absolute Gasteiger partial charge is 0.314 e. The molecule has 0 radical (unpaired) electrons. The minimum Gasteiger partial charge on any atom is -0.314 e. The number of thiophene rings is 1. The number of allylic oxidation sites excluding steroid dienone is 4. The molecule has 0 fully saturated rings. The Kier molecular flexibility index (Phi) is 6.39. The molecule has 0 aliphatic heterocycles. The van der Waals surface area contributed by atoms with Gasteiger partial charge in [0.2, 0.25) is 0 Å². The molecule has 2 nitrogen and oxygen atoms in total. The fourth-order valence-electron chi connectivity index (χ4n) is 7.14. The van der Waals surface area contributed by atoms with Gasteiger partial charge in [-0.2, -0.15) is 0 Å². The van der Waals surface area contributed by atoms with Crippen molar-refractivity contribution < 1.29 is 0 Å². The second-order valence-electron chi connectivity index (χ2n) is 12.2. The zero-order chi connectivity index (χ0) is 30.6. The van der Waals surface area contributed by atoms with Crippen LogP contribution in [-0.4, -0.2) is 4.57 Å². The van der Waals surface area contributed by atoms with Crippen LogP contribution in [0.2, 0.25) is 0 Å². The summed E-state index contributed by atoms with van der Waals surface area (Å²) in [6, 6.07) is 51.2. The van der Waals surface area contributed by atoms with Gasteiger partial charge in [-0.15, -0.1) is 11.3 Å². The molecule has 0 spiro atoms. The van der Waals surface area contributed by atoms with Crippen molar-refractivity contribution in [1.82, 2.24) is 4.57 Å². The minimum atomic E-state index is 0.418. The monoisotopic (exact) mass is 608 g/mol. The van der Waals surface area contributed by atoms with Crippen LogP contribution in [0.3, 0.4) is 0 Å². The van der Waals surface area contributed by atoms with Gasteiger partial charge in [0.25, 0.3) is 0 Å². The van der Waals surface area contributed by atoms with Crippen LogP contribution in [0.4, 0.5) is 11.4 Å². The Balaban J connectivity index is 1.26. The van der Waals surface area contributed by atoms with Crippen molar-refractivity contribution in [1.29, 1.82) is 0 Å². The molecule has 1 atom stereocenters. The number of benzene rings is 6. The summed E-state index contributed by atoms with van der Waals surface area (Å²) in [4.78, 5) is 2.44. The molecule has 1 aliphatic rings. The Hall–Kier alpha value is -5.38. The molecule has 0 saturated carbocycles. The quantitative estimate of drug-likeness (QED) is 0.189. The molecule has 0 bridgehead atoms. The summed E-state index contributed by atoms with van der Waals surface area (Å²) in [5, 5.41) is 5.18. The minimum absolute atomic E-state index is 0.418. The average Bonchev–Trinajstić information content (AvgIpc) is 3.65. The lowest BCUT2D eigenvalue weighted by atomic mass is 9.96. The number of hydrogen-bond acceptors (Lipinski definition) is 2. The van der Waals surface area contributed by atoms with Gasteiger partial charge in [-0.25, -0.2) is 0 Å². The number of aromatic nitrogens is 1. The van der Waals surface area contributed by atoms with Gasteiger partial charge in [0, 0.05) is 59.6 Å². The SMILES string of the molecule is CC1CC=CC=C1N(c1ccccc1)c1ccc2c3cc(-c4ccc5sc6ccccc6c5c4)ccc3n(-c3ccccc3)c2c1. The van der Waals surface area contributed by atoms with E-state index < -0.39 is 0 Å². The standard InChI is InChI=1S/C43H32N2S/c1-29-12-8-10-18-39(29)44(32-13-4-2-5-14-32)34-22-23-35-37-26-30(20-24-40(37)45(41(35)28-34)33-15-6-3-7-16-33)31-21-25-43-38(27-31)36-17-9-11-19-42(36)46-43/h2-11,13-29H,12H2,1H3. The molecule has 220 valence electrons. The molecule has 0 N–H and O–H groups in total. The third-order valence-corrected chi connectivity index (χ3v) is 10.6. The maximum Gasteiger partial charge on any atom is 0.0561 e. The highest BCUT2D eigenvalue weighted by Gasteiger charge is 2.22. The van der Waals surface area contributed by atoms with Gasteiger partial charge in [0.1, 0.15) is 0 Å². The summed E-state index contributed by atoms with van der Waals surface area (Å²) >= 11 is 1.87. The first-order chi connectivity index (χ1) is 22.7. The first-order valence-electron chi connectivity index (χ1n) is 16.0. The normalized spacial score (nSPS) is 14.8. The number of fused-ring (bicyclic) bond motifs is 6. The van der Waals surface area contributed by atoms with Crippen molar-refractivity contribution in [2.24, 2.45) is 5.92 Å². The van der Waals surface area contributed by atoms with Crippen molar-refractivity contribution in [3.63, 3.8) is 0 Å². The average molecular weight is 609 g/mol. The molecule has 2 aromatic heterocycles. The lowest BCUT2D eigenvalue weighted by Crippen LogP contribution is -2.22. The maximum absolute atomic E-state index is 2.44. The zero-order valence-corrected chi connectivity index (χ0v) is 26.4. The van der Waals surface area contributed by atoms with Gasteiger partial charge >= 0.3 is 0 Å². The van der Waals surface area contributed by atoms with Crippen LogP contribution >= 0.6 is 11.3 Å². The molecule has 9 rings (SSSR count). The van der Waals surface area contributed by atoms with E-state index >= 15 is 0 Å². The second-order valence-corrected chi connectivity index (χ2v) is 13.3. The molecule has 2 heterocycles. The van der Waals surface area contributed by atoms with Crippen molar-refractivity contribution in [2.45, 2.75) is 13.3 Å². The van der Waals surface area contributed by atoms with Crippen LogP contribution in [0, 0.1) is 5.92 Å². The molecule has 3 heteroatoms. The van der Waals surface area contributed by atoms with Gasteiger partial charge in [-0.3, -0.25) is 0 Å². The molecule has 6 aromatic carbocycles. The summed E-state index contributed by atoms with van der Waals surface area (Å²) in [7, 11) is 0. The van der Waals surface area contributed by atoms with E-state index in [1.165, 1.54) is 70.2 Å². The first kappa shape index (κ1) is 27.0. The fraction of sp³-hybridized carbons (Fsp3) is 0.0698. The fourth-order valence-corrected chi connectivity index (χ4v) is 8.23. The predicted molar refractivity (Wildman–Crippen MR) is 199 cm³/mol. The molecule has 1 unspecified atom stereocenters. The molecule has 0 saturated heterocycles. The highest BCUT2D eigenvalue weighted by atomic mass is 32.1. The molecular formula is C43H32N2S. The van der Waals surface area contributed by atoms with Crippen molar-refractivity contribution in [2.75, 3.05) is 4.90 Å². The van der Waals surface area contributed by atoms with Crippen LogP contribution in [0.1, 0.15) is 13.3 Å². The van der Waals surface area contributed by atoms with E-state index in [1.807, 2.05) is 11.3 Å². The van der Waals surface area contributed by atoms with Gasteiger partial charge in [0.05, 0.1) is 11.0 Å². The van der Waals surface area contributed by atoms with Crippen molar-refractivity contribution in [3.05, 3.63) is 163 Å². The number of nitrogens with zero attached hydrogens (tertiary/aromatic N) is 2. The van der Waals surface area contributed by atoms with E-state index in [4.69, 9.17) is 0 Å². The van der Waals surface area contributed by atoms with E-state index in [0.717, 1.165) is 12.1 Å². The van der Waals surface area contributed by atoms with Crippen LogP contribution in [0.15, 0.2) is 163 Å². The second kappa shape index (κ2) is 10.9. The lowest BCUT2D eigenvalue weighted by Gasteiger charge is -2.32. The molecular weight excluding hydrogens is 577 g/mol. The van der Waals surface area contributed by atoms with E-state index in [1.54, 1.807) is 0 Å². The third kappa shape index (κ3) is 4.39. The Morgan fingerprint density at radius 1 is 0.587 bits per heavy atom. The molecule has 0 amide bonds. The molecule has 1 aliphatic carbocycles. The predicted octanol–water partition coefficient (Wildman–Crippen LogP) is 12.4. The highest BCUT2D eigenvalue weighted by molar-refractivity contribution is 7.25. The van der Waals surface area contributed by atoms with Gasteiger partial charge < -0.3 is 9.47 Å². The summed E-state index contributed by atoms with van der Waals surface area (Å²) in [5.74, 6) is 0.418. The first-order valence-corrected chi connectivity index (χ1v) is 16.8. The molecule has 46 heavy (non-hydrogen) atoms. The van der Waals surface area contributed by atoms with Crippen LogP contribution in [-0.2, 0) is 0 Å². The van der Waals surface area contributed by atoms with Gasteiger partial charge in [0.15, 0.2) is 0 Å². The number of anilines is 2. The topological polar surface area (TPSA) is 8.17 Å². The van der Waals surface area contributed by atoms with E-state index in [0.29, 0.717) is 5.92 Å². The lowest BCUT2D eigenvalue weighted by molar-refractivity contribution is 0.670. The van der Waals surface area contributed by atoms with Crippen molar-refractivity contribution in [3.8, 4) is 16.8 Å². The Morgan fingerprint density at radius 2 is 1.30 bits per heavy atom. The van der Waals surface area contributed by atoms with E-state index in [-0.39, 0.29) is 0 Å². The third-order valence-electron chi connectivity index (χ3n) is 9.40. The number of rotatable bonds is 5. The summed E-state index contributed by atoms with van der Waals surface area (Å²) in [5.41, 5.74) is 9.72. The van der Waals surface area contributed by atoms with Crippen molar-refractivity contribution >= 4 is 64.7 Å². The Labute approximate surface area is 272 Å². The summed E-state index contributed by atoms with van der Waals surface area (Å²) in [6.07, 6.45) is 7.78. The number of para-hydroxylation sites is 2. The van der Waals surface area contributed by atoms with Crippen LogP contribution < -0.4 is 4.90 Å². The maximum atomic E-state index is 2.44. The van der Waals surface area contributed by atoms with Gasteiger partial charge in [-0.1, -0.05) is 91.9 Å². The summed E-state index contributed by atoms with van der Waals surface area (Å²) in [6.45, 7) is 2.32. The van der Waals surface area contributed by atoms with Crippen LogP contribution in [0.5, 0.6) is 0 Å². The van der Waals surface area contributed by atoms with E-state index in [9.17, 15) is 0 Å². The zero-order valence-electron chi connectivity index (χ0n) is 25.6. The van der Waals surface area contributed by atoms with Crippen LogP contribution in [0.25, 0.3) is 58.8 Å². The smallest absolute Gasteiger partial charge is 0.0561 e. The van der Waals surface area contributed by atoms with E-state index in [2.05, 4.69) is 174 Å². The summed E-state index contributed by atoms with van der Waals surface area (Å²) < 4.78 is 5.10. The number of hydrogen-bond donors (Lipinski definition) is 0. The Morgan fingerprint density at radius 3 is 2.13 bits per heavy atom. The Bertz CT molecular complexity index is 2460. The highest BCUT2D eigenvalue weighted by Crippen LogP contribution is 2.42.